The summed E-state index contributed by atoms with van der Waals surface area (Å²) in [5.41, 5.74) is 0. The Morgan fingerprint density at radius 1 is 0.833 bits per heavy atom. The SMILES string of the molecule is [CH]1CC(N2C3CCCC2CC3)C1. The highest BCUT2D eigenvalue weighted by Gasteiger charge is 2.41. The minimum absolute atomic E-state index is 0.961. The van der Waals surface area contributed by atoms with Crippen LogP contribution in [0.2, 0.25) is 0 Å². The summed E-state index contributed by atoms with van der Waals surface area (Å²) in [7, 11) is 0. The molecule has 0 aromatic rings. The van der Waals surface area contributed by atoms with Crippen molar-refractivity contribution < 1.29 is 0 Å². The van der Waals surface area contributed by atoms with Crippen molar-refractivity contribution in [3.05, 3.63) is 6.42 Å². The summed E-state index contributed by atoms with van der Waals surface area (Å²) in [6.45, 7) is 0. The Hall–Kier alpha value is -0.0400. The van der Waals surface area contributed by atoms with Gasteiger partial charge in [-0.2, -0.15) is 0 Å². The van der Waals surface area contributed by atoms with E-state index in [0.29, 0.717) is 0 Å². The van der Waals surface area contributed by atoms with E-state index in [2.05, 4.69) is 11.3 Å². The van der Waals surface area contributed by atoms with E-state index >= 15 is 0 Å². The predicted octanol–water partition coefficient (Wildman–Crippen LogP) is 2.37. The van der Waals surface area contributed by atoms with Gasteiger partial charge in [0.15, 0.2) is 0 Å². The van der Waals surface area contributed by atoms with Crippen molar-refractivity contribution >= 4 is 0 Å². The zero-order valence-corrected chi connectivity index (χ0v) is 7.71. The third-order valence-electron chi connectivity index (χ3n) is 4.05. The van der Waals surface area contributed by atoms with Gasteiger partial charge < -0.3 is 0 Å². The molecule has 2 unspecified atom stereocenters. The summed E-state index contributed by atoms with van der Waals surface area (Å²) in [4.78, 5) is 2.86. The number of hydrogen-bond donors (Lipinski definition) is 0. The third-order valence-corrected chi connectivity index (χ3v) is 4.05. The van der Waals surface area contributed by atoms with Crippen LogP contribution in [0.1, 0.15) is 44.9 Å². The standard InChI is InChI=1S/C11H18N/c1-3-9(4-1)12-10-5-2-6-11(12)8-7-10/h1,9-11H,2-8H2. The second kappa shape index (κ2) is 2.73. The van der Waals surface area contributed by atoms with Crippen LogP contribution in [0.4, 0.5) is 0 Å². The fourth-order valence-corrected chi connectivity index (χ4v) is 3.31. The lowest BCUT2D eigenvalue weighted by Crippen LogP contribution is -2.49. The Labute approximate surface area is 75.1 Å². The van der Waals surface area contributed by atoms with Crippen molar-refractivity contribution in [3.63, 3.8) is 0 Å². The fraction of sp³-hybridized carbons (Fsp3) is 0.909. The predicted molar refractivity (Wildman–Crippen MR) is 49.8 cm³/mol. The number of rotatable bonds is 1. The van der Waals surface area contributed by atoms with E-state index in [1.54, 1.807) is 0 Å². The molecule has 3 rings (SSSR count). The van der Waals surface area contributed by atoms with E-state index in [0.717, 1.165) is 18.1 Å². The second-order valence-electron chi connectivity index (χ2n) is 4.68. The van der Waals surface area contributed by atoms with Gasteiger partial charge in [-0.3, -0.25) is 4.90 Å². The number of nitrogens with zero attached hydrogens (tertiary/aromatic N) is 1. The van der Waals surface area contributed by atoms with Crippen molar-refractivity contribution in [2.24, 2.45) is 0 Å². The van der Waals surface area contributed by atoms with Gasteiger partial charge in [0, 0.05) is 18.1 Å². The molecular weight excluding hydrogens is 146 g/mol. The lowest BCUT2D eigenvalue weighted by Gasteiger charge is -2.44. The van der Waals surface area contributed by atoms with Gasteiger partial charge in [0.25, 0.3) is 0 Å². The fourth-order valence-electron chi connectivity index (χ4n) is 3.31. The highest BCUT2D eigenvalue weighted by Crippen LogP contribution is 2.41. The van der Waals surface area contributed by atoms with E-state index in [9.17, 15) is 0 Å². The average Bonchev–Trinajstić information content (AvgIpc) is 2.28. The summed E-state index contributed by atoms with van der Waals surface area (Å²) >= 11 is 0. The molecule has 3 aliphatic rings. The van der Waals surface area contributed by atoms with Crippen molar-refractivity contribution in [2.45, 2.75) is 63.1 Å². The van der Waals surface area contributed by atoms with E-state index in [4.69, 9.17) is 0 Å². The maximum absolute atomic E-state index is 2.86. The lowest BCUT2D eigenvalue weighted by molar-refractivity contribution is 0.0645. The number of fused-ring (bicyclic) bond motifs is 2. The van der Waals surface area contributed by atoms with Gasteiger partial charge in [-0.05, 0) is 44.9 Å². The number of piperidine rings is 1. The highest BCUT2D eigenvalue weighted by atomic mass is 15.2. The molecule has 2 atom stereocenters. The molecule has 1 saturated carbocycles. The lowest BCUT2D eigenvalue weighted by atomic mass is 9.87. The molecule has 2 bridgehead atoms. The monoisotopic (exact) mass is 164 g/mol. The Morgan fingerprint density at radius 3 is 2.00 bits per heavy atom. The van der Waals surface area contributed by atoms with Crippen LogP contribution in [0.25, 0.3) is 0 Å². The first-order chi connectivity index (χ1) is 5.95. The summed E-state index contributed by atoms with van der Waals surface area (Å²) < 4.78 is 0. The largest absolute Gasteiger partial charge is 0.294 e. The third kappa shape index (κ3) is 0.953. The van der Waals surface area contributed by atoms with Crippen LogP contribution in [-0.4, -0.2) is 23.0 Å². The molecule has 2 heterocycles. The van der Waals surface area contributed by atoms with Gasteiger partial charge in [-0.25, -0.2) is 0 Å². The van der Waals surface area contributed by atoms with Crippen LogP contribution in [0.3, 0.4) is 0 Å². The van der Waals surface area contributed by atoms with Crippen molar-refractivity contribution in [1.82, 2.24) is 4.90 Å². The molecule has 0 N–H and O–H groups in total. The second-order valence-corrected chi connectivity index (χ2v) is 4.68. The van der Waals surface area contributed by atoms with Crippen LogP contribution in [-0.2, 0) is 0 Å². The normalized spacial score (nSPS) is 43.0. The Balaban J connectivity index is 1.75. The average molecular weight is 164 g/mol. The zero-order chi connectivity index (χ0) is 7.97. The smallest absolute Gasteiger partial charge is 0.0107 e. The van der Waals surface area contributed by atoms with Crippen molar-refractivity contribution in [1.29, 1.82) is 0 Å². The quantitative estimate of drug-likeness (QED) is 0.575. The van der Waals surface area contributed by atoms with Crippen LogP contribution < -0.4 is 0 Å². The first kappa shape index (κ1) is 7.37. The first-order valence-corrected chi connectivity index (χ1v) is 5.54. The summed E-state index contributed by atoms with van der Waals surface area (Å²) in [5.74, 6) is 0. The number of hydrogen-bond acceptors (Lipinski definition) is 1. The van der Waals surface area contributed by atoms with Crippen molar-refractivity contribution in [3.8, 4) is 0 Å². The summed E-state index contributed by atoms with van der Waals surface area (Å²) in [6, 6.07) is 2.94. The van der Waals surface area contributed by atoms with Gasteiger partial charge >= 0.3 is 0 Å². The van der Waals surface area contributed by atoms with E-state index < -0.39 is 0 Å². The Bertz CT molecular complexity index is 158. The van der Waals surface area contributed by atoms with Gasteiger partial charge in [0.05, 0.1) is 0 Å². The van der Waals surface area contributed by atoms with Crippen LogP contribution in [0.15, 0.2) is 0 Å². The summed E-state index contributed by atoms with van der Waals surface area (Å²) in [6.07, 6.45) is 12.7. The van der Waals surface area contributed by atoms with Crippen LogP contribution in [0, 0.1) is 6.42 Å². The molecule has 1 aliphatic carbocycles. The molecule has 3 fully saturated rings. The van der Waals surface area contributed by atoms with E-state index in [-0.39, 0.29) is 0 Å². The molecule has 0 spiro atoms. The van der Waals surface area contributed by atoms with Crippen LogP contribution >= 0.6 is 0 Å². The molecule has 0 aromatic carbocycles. The molecule has 12 heavy (non-hydrogen) atoms. The van der Waals surface area contributed by atoms with E-state index in [1.807, 2.05) is 0 Å². The molecule has 1 nitrogen and oxygen atoms in total. The van der Waals surface area contributed by atoms with Gasteiger partial charge in [-0.15, -0.1) is 0 Å². The van der Waals surface area contributed by atoms with Gasteiger partial charge in [0.2, 0.25) is 0 Å². The first-order valence-electron chi connectivity index (χ1n) is 5.54. The molecular formula is C11H18N. The molecule has 2 saturated heterocycles. The highest BCUT2D eigenvalue weighted by molar-refractivity contribution is 5.02. The molecule has 67 valence electrons. The Kier molecular flexibility index (Phi) is 1.68. The van der Waals surface area contributed by atoms with E-state index in [1.165, 1.54) is 44.9 Å². The van der Waals surface area contributed by atoms with Crippen LogP contribution in [0.5, 0.6) is 0 Å². The molecule has 1 radical (unpaired) electrons. The van der Waals surface area contributed by atoms with Crippen molar-refractivity contribution in [2.75, 3.05) is 0 Å². The maximum atomic E-state index is 2.86. The molecule has 0 amide bonds. The van der Waals surface area contributed by atoms with Gasteiger partial charge in [0.1, 0.15) is 0 Å². The topological polar surface area (TPSA) is 3.24 Å². The minimum Gasteiger partial charge on any atom is -0.294 e. The van der Waals surface area contributed by atoms with Gasteiger partial charge in [-0.1, -0.05) is 6.42 Å². The maximum Gasteiger partial charge on any atom is 0.0107 e. The molecule has 2 aliphatic heterocycles. The Morgan fingerprint density at radius 2 is 1.50 bits per heavy atom. The minimum atomic E-state index is 0.961. The molecule has 0 aromatic heterocycles. The molecule has 1 heteroatoms. The summed E-state index contributed by atoms with van der Waals surface area (Å²) in [5, 5.41) is 0. The zero-order valence-electron chi connectivity index (χ0n) is 7.71.